The first-order valence-corrected chi connectivity index (χ1v) is 8.22. The summed E-state index contributed by atoms with van der Waals surface area (Å²) >= 11 is 0. The van der Waals surface area contributed by atoms with E-state index >= 15 is 0 Å². The van der Waals surface area contributed by atoms with Crippen LogP contribution in [0, 0.1) is 0 Å². The van der Waals surface area contributed by atoms with Crippen LogP contribution in [0.15, 0.2) is 29.0 Å². The summed E-state index contributed by atoms with van der Waals surface area (Å²) in [6, 6.07) is 3.93. The van der Waals surface area contributed by atoms with Gasteiger partial charge in [0.05, 0.1) is 6.10 Å². The molecule has 2 aromatic heterocycles. The largest absolute Gasteiger partial charge is 0.365 e. The molecule has 1 saturated carbocycles. The van der Waals surface area contributed by atoms with Gasteiger partial charge in [0.2, 0.25) is 0 Å². The Kier molecular flexibility index (Phi) is 5.16. The summed E-state index contributed by atoms with van der Waals surface area (Å²) in [7, 11) is 0. The number of hydrogen-bond donors (Lipinski definition) is 0. The Morgan fingerprint density at radius 1 is 1.32 bits per heavy atom. The second-order valence-corrected chi connectivity index (χ2v) is 5.88. The van der Waals surface area contributed by atoms with Crippen LogP contribution in [0.25, 0.3) is 0 Å². The second-order valence-electron chi connectivity index (χ2n) is 5.88. The molecule has 0 aliphatic heterocycles. The number of ether oxygens (including phenoxy) is 1. The van der Waals surface area contributed by atoms with Crippen LogP contribution in [0.5, 0.6) is 0 Å². The van der Waals surface area contributed by atoms with Crippen molar-refractivity contribution in [2.24, 2.45) is 0 Å². The molecule has 2 aromatic rings. The molecule has 1 aliphatic rings. The monoisotopic (exact) mass is 301 g/mol. The molecule has 0 saturated heterocycles. The number of pyridine rings is 1. The molecule has 5 heteroatoms. The van der Waals surface area contributed by atoms with Crippen molar-refractivity contribution >= 4 is 0 Å². The zero-order chi connectivity index (χ0) is 15.2. The van der Waals surface area contributed by atoms with Crippen LogP contribution < -0.4 is 0 Å². The Morgan fingerprint density at radius 2 is 2.18 bits per heavy atom. The fourth-order valence-electron chi connectivity index (χ4n) is 2.92. The van der Waals surface area contributed by atoms with Gasteiger partial charge in [-0.3, -0.25) is 4.98 Å². The molecule has 118 valence electrons. The van der Waals surface area contributed by atoms with Gasteiger partial charge in [0.25, 0.3) is 5.89 Å². The molecule has 2 heterocycles. The summed E-state index contributed by atoms with van der Waals surface area (Å²) in [5.74, 6) is 1.29. The summed E-state index contributed by atoms with van der Waals surface area (Å²) in [6.45, 7) is 2.10. The fourth-order valence-corrected chi connectivity index (χ4v) is 2.92. The predicted octanol–water partition coefficient (Wildman–Crippen LogP) is 3.86. The van der Waals surface area contributed by atoms with Crippen molar-refractivity contribution < 1.29 is 9.26 Å². The average Bonchev–Trinajstić information content (AvgIpc) is 3.03. The van der Waals surface area contributed by atoms with Crippen LogP contribution in [0.4, 0.5) is 0 Å². The van der Waals surface area contributed by atoms with E-state index in [4.69, 9.17) is 9.26 Å². The Balaban J connectivity index is 1.63. The van der Waals surface area contributed by atoms with Gasteiger partial charge < -0.3 is 9.26 Å². The summed E-state index contributed by atoms with van der Waals surface area (Å²) < 4.78 is 11.6. The molecule has 1 aliphatic carbocycles. The minimum Gasteiger partial charge on any atom is -0.365 e. The Morgan fingerprint density at radius 3 is 2.91 bits per heavy atom. The SMILES string of the molecule is CCC(OC1CCCCC1)c1nc(Cc2cccnc2)no1. The van der Waals surface area contributed by atoms with Crippen LogP contribution in [-0.2, 0) is 11.2 Å². The van der Waals surface area contributed by atoms with E-state index in [0.29, 0.717) is 24.2 Å². The number of rotatable bonds is 6. The Labute approximate surface area is 131 Å². The zero-order valence-electron chi connectivity index (χ0n) is 13.1. The van der Waals surface area contributed by atoms with Gasteiger partial charge in [-0.2, -0.15) is 4.98 Å². The lowest BCUT2D eigenvalue weighted by molar-refractivity contribution is -0.0468. The molecule has 0 radical (unpaired) electrons. The van der Waals surface area contributed by atoms with Crippen LogP contribution in [0.2, 0.25) is 0 Å². The topological polar surface area (TPSA) is 61.0 Å². The fraction of sp³-hybridized carbons (Fsp3) is 0.588. The molecule has 0 bridgehead atoms. The number of hydrogen-bond acceptors (Lipinski definition) is 5. The molecule has 0 spiro atoms. The van der Waals surface area contributed by atoms with Crippen LogP contribution in [-0.4, -0.2) is 21.2 Å². The summed E-state index contributed by atoms with van der Waals surface area (Å²) in [5.41, 5.74) is 1.08. The van der Waals surface area contributed by atoms with Crippen LogP contribution in [0.3, 0.4) is 0 Å². The van der Waals surface area contributed by atoms with E-state index < -0.39 is 0 Å². The molecule has 22 heavy (non-hydrogen) atoms. The van der Waals surface area contributed by atoms with Crippen molar-refractivity contribution in [2.75, 3.05) is 0 Å². The molecule has 1 unspecified atom stereocenters. The predicted molar refractivity (Wildman–Crippen MR) is 82.3 cm³/mol. The minimum absolute atomic E-state index is 0.0850. The molecule has 1 fully saturated rings. The van der Waals surface area contributed by atoms with E-state index in [0.717, 1.165) is 24.8 Å². The normalized spacial score (nSPS) is 17.5. The van der Waals surface area contributed by atoms with Gasteiger partial charge in [0.15, 0.2) is 5.82 Å². The van der Waals surface area contributed by atoms with Gasteiger partial charge in [-0.15, -0.1) is 0 Å². The highest BCUT2D eigenvalue weighted by Crippen LogP contribution is 2.28. The highest BCUT2D eigenvalue weighted by molar-refractivity contribution is 5.13. The standard InChI is InChI=1S/C17H23N3O2/c1-2-15(21-14-8-4-3-5-9-14)17-19-16(20-22-17)11-13-7-6-10-18-12-13/h6-7,10,12,14-15H,2-5,8-9,11H2,1H3. The molecule has 5 nitrogen and oxygen atoms in total. The third kappa shape index (κ3) is 3.91. The Hall–Kier alpha value is -1.75. The first-order chi connectivity index (χ1) is 10.8. The molecule has 0 amide bonds. The van der Waals surface area contributed by atoms with E-state index in [1.165, 1.54) is 19.3 Å². The van der Waals surface area contributed by atoms with Gasteiger partial charge in [-0.1, -0.05) is 37.4 Å². The molecular formula is C17H23N3O2. The van der Waals surface area contributed by atoms with Crippen LogP contribution in [0.1, 0.15) is 68.8 Å². The van der Waals surface area contributed by atoms with E-state index in [2.05, 4.69) is 22.0 Å². The lowest BCUT2D eigenvalue weighted by atomic mass is 9.97. The third-order valence-corrected chi connectivity index (χ3v) is 4.12. The van der Waals surface area contributed by atoms with Gasteiger partial charge in [-0.05, 0) is 30.9 Å². The van der Waals surface area contributed by atoms with Crippen LogP contribution >= 0.6 is 0 Å². The van der Waals surface area contributed by atoms with E-state index in [-0.39, 0.29) is 6.10 Å². The molecule has 0 N–H and O–H groups in total. The third-order valence-electron chi connectivity index (χ3n) is 4.12. The smallest absolute Gasteiger partial charge is 0.255 e. The quantitative estimate of drug-likeness (QED) is 0.811. The van der Waals surface area contributed by atoms with Crippen molar-refractivity contribution in [2.45, 2.75) is 64.1 Å². The summed E-state index contributed by atoms with van der Waals surface area (Å²) in [6.07, 6.45) is 11.5. The summed E-state index contributed by atoms with van der Waals surface area (Å²) in [5, 5.41) is 4.08. The van der Waals surface area contributed by atoms with Gasteiger partial charge >= 0.3 is 0 Å². The maximum absolute atomic E-state index is 6.18. The molecule has 1 atom stereocenters. The Bertz CT molecular complexity index is 564. The van der Waals surface area contributed by atoms with Crippen molar-refractivity contribution in [3.05, 3.63) is 41.8 Å². The van der Waals surface area contributed by atoms with Gasteiger partial charge in [0.1, 0.15) is 6.10 Å². The van der Waals surface area contributed by atoms with Gasteiger partial charge in [-0.25, -0.2) is 0 Å². The first-order valence-electron chi connectivity index (χ1n) is 8.22. The highest BCUT2D eigenvalue weighted by Gasteiger charge is 2.23. The van der Waals surface area contributed by atoms with E-state index in [9.17, 15) is 0 Å². The minimum atomic E-state index is -0.0850. The number of nitrogens with zero attached hydrogens (tertiary/aromatic N) is 3. The van der Waals surface area contributed by atoms with E-state index in [1.807, 2.05) is 18.3 Å². The van der Waals surface area contributed by atoms with Gasteiger partial charge in [0, 0.05) is 18.8 Å². The van der Waals surface area contributed by atoms with Crippen molar-refractivity contribution in [3.8, 4) is 0 Å². The lowest BCUT2D eigenvalue weighted by Crippen LogP contribution is -2.19. The number of aromatic nitrogens is 3. The van der Waals surface area contributed by atoms with Crippen molar-refractivity contribution in [3.63, 3.8) is 0 Å². The van der Waals surface area contributed by atoms with Crippen molar-refractivity contribution in [1.82, 2.24) is 15.1 Å². The summed E-state index contributed by atoms with van der Waals surface area (Å²) in [4.78, 5) is 8.62. The lowest BCUT2D eigenvalue weighted by Gasteiger charge is -2.25. The maximum atomic E-state index is 6.18. The second kappa shape index (κ2) is 7.49. The molecule has 0 aromatic carbocycles. The highest BCUT2D eigenvalue weighted by atomic mass is 16.5. The zero-order valence-corrected chi connectivity index (χ0v) is 13.1. The molecular weight excluding hydrogens is 278 g/mol. The average molecular weight is 301 g/mol. The molecule has 3 rings (SSSR count). The van der Waals surface area contributed by atoms with Crippen molar-refractivity contribution in [1.29, 1.82) is 0 Å². The maximum Gasteiger partial charge on any atom is 0.255 e. The first kappa shape index (κ1) is 15.2. The van der Waals surface area contributed by atoms with E-state index in [1.54, 1.807) is 6.20 Å².